The number of aromatic hydroxyl groups is 2. The zero-order valence-electron chi connectivity index (χ0n) is 20.5. The average molecular weight is 508 g/mol. The molecule has 0 bridgehead atoms. The summed E-state index contributed by atoms with van der Waals surface area (Å²) in [6.45, 7) is 5.72. The fourth-order valence-corrected chi connectivity index (χ4v) is 4.94. The van der Waals surface area contributed by atoms with Gasteiger partial charge in [0.15, 0.2) is 23.2 Å². The van der Waals surface area contributed by atoms with Crippen LogP contribution in [0.5, 0.6) is 17.2 Å². The molecule has 3 aliphatic rings. The van der Waals surface area contributed by atoms with Gasteiger partial charge in [0.05, 0.1) is 17.7 Å². The summed E-state index contributed by atoms with van der Waals surface area (Å²) in [7, 11) is 0. The molecule has 2 aliphatic heterocycles. The van der Waals surface area contributed by atoms with E-state index < -0.39 is 34.3 Å². The SMILES string of the molecule is CC(=O)c1c(O)c(C)c(O)c2c1OC1=CC(=O)/C(=C(/C)NCc3noc(C4CCC(=O)N4)n3)C(=O)[C@]12C. The molecule has 1 aromatic carbocycles. The van der Waals surface area contributed by atoms with Crippen molar-refractivity contribution in [2.75, 3.05) is 0 Å². The van der Waals surface area contributed by atoms with E-state index in [-0.39, 0.29) is 69.7 Å². The van der Waals surface area contributed by atoms with Gasteiger partial charge in [-0.05, 0) is 34.1 Å². The van der Waals surface area contributed by atoms with Gasteiger partial charge in [0.1, 0.15) is 40.0 Å². The van der Waals surface area contributed by atoms with E-state index in [1.807, 2.05) is 0 Å². The number of ether oxygens (including phenoxy) is 1. The largest absolute Gasteiger partial charge is 0.507 e. The normalized spacial score (nSPS) is 23.7. The van der Waals surface area contributed by atoms with Gasteiger partial charge in [-0.2, -0.15) is 4.98 Å². The molecule has 1 aromatic heterocycles. The van der Waals surface area contributed by atoms with E-state index in [4.69, 9.17) is 9.26 Å². The van der Waals surface area contributed by atoms with Gasteiger partial charge in [-0.25, -0.2) is 0 Å². The Kier molecular flexibility index (Phi) is 5.43. The Morgan fingerprint density at radius 3 is 2.62 bits per heavy atom. The maximum absolute atomic E-state index is 13.8. The Morgan fingerprint density at radius 1 is 1.24 bits per heavy atom. The van der Waals surface area contributed by atoms with Gasteiger partial charge >= 0.3 is 0 Å². The van der Waals surface area contributed by atoms with Crippen molar-refractivity contribution in [1.82, 2.24) is 20.8 Å². The van der Waals surface area contributed by atoms with Gasteiger partial charge < -0.3 is 30.1 Å². The molecule has 2 atom stereocenters. The van der Waals surface area contributed by atoms with Gasteiger partial charge in [0.2, 0.25) is 11.8 Å². The van der Waals surface area contributed by atoms with Crippen LogP contribution in [0.1, 0.15) is 72.9 Å². The molecule has 0 saturated carbocycles. The number of Topliss-reactive ketones (excluding diaryl/α,β-unsaturated/α-hetero) is 2. The van der Waals surface area contributed by atoms with Crippen LogP contribution in [0.4, 0.5) is 0 Å². The molecule has 3 heterocycles. The molecule has 5 rings (SSSR count). The van der Waals surface area contributed by atoms with Crippen molar-refractivity contribution in [2.24, 2.45) is 0 Å². The maximum atomic E-state index is 13.8. The fraction of sp³-hybridized carbons (Fsp3) is 0.360. The Balaban J connectivity index is 1.48. The lowest BCUT2D eigenvalue weighted by atomic mass is 9.70. The average Bonchev–Trinajstić information content (AvgIpc) is 3.54. The number of amides is 1. The zero-order valence-corrected chi connectivity index (χ0v) is 20.5. The number of carbonyl (C=O) groups excluding carboxylic acids is 4. The van der Waals surface area contributed by atoms with Crippen molar-refractivity contribution in [2.45, 2.75) is 58.5 Å². The molecule has 1 fully saturated rings. The van der Waals surface area contributed by atoms with Gasteiger partial charge in [-0.1, -0.05) is 5.16 Å². The number of ketones is 3. The lowest BCUT2D eigenvalue weighted by molar-refractivity contribution is -0.124. The van der Waals surface area contributed by atoms with E-state index in [9.17, 15) is 29.4 Å². The molecular weight excluding hydrogens is 484 g/mol. The minimum atomic E-state index is -1.60. The number of nitrogens with zero attached hydrogens (tertiary/aromatic N) is 2. The van der Waals surface area contributed by atoms with Crippen LogP contribution >= 0.6 is 0 Å². The van der Waals surface area contributed by atoms with Crippen molar-refractivity contribution in [1.29, 1.82) is 0 Å². The highest BCUT2D eigenvalue weighted by Crippen LogP contribution is 2.57. The third kappa shape index (κ3) is 3.51. The number of phenolic OH excluding ortho intramolecular Hbond substituents is 2. The van der Waals surface area contributed by atoms with Gasteiger partial charge in [-0.15, -0.1) is 0 Å². The highest BCUT2D eigenvalue weighted by Gasteiger charge is 2.56. The maximum Gasteiger partial charge on any atom is 0.249 e. The van der Waals surface area contributed by atoms with Crippen LogP contribution in [0.25, 0.3) is 0 Å². The van der Waals surface area contributed by atoms with Crippen LogP contribution in [0.3, 0.4) is 0 Å². The van der Waals surface area contributed by atoms with Crippen molar-refractivity contribution in [3.05, 3.63) is 51.5 Å². The van der Waals surface area contributed by atoms with Crippen LogP contribution in [0.15, 0.2) is 27.6 Å². The minimum absolute atomic E-state index is 0.0171. The number of allylic oxidation sites excluding steroid dienone is 4. The molecule has 192 valence electrons. The Bertz CT molecular complexity index is 1480. The third-order valence-corrected chi connectivity index (χ3v) is 7.05. The first-order valence-electron chi connectivity index (χ1n) is 11.6. The molecule has 12 heteroatoms. The molecule has 2 aromatic rings. The number of nitrogens with one attached hydrogen (secondary N) is 2. The van der Waals surface area contributed by atoms with Crippen LogP contribution in [-0.4, -0.2) is 43.6 Å². The molecule has 1 amide bonds. The van der Waals surface area contributed by atoms with Crippen LogP contribution in [-0.2, 0) is 26.3 Å². The van der Waals surface area contributed by atoms with Gasteiger partial charge in [0.25, 0.3) is 0 Å². The second kappa shape index (κ2) is 8.29. The lowest BCUT2D eigenvalue weighted by Gasteiger charge is -2.29. The van der Waals surface area contributed by atoms with Crippen molar-refractivity contribution in [3.63, 3.8) is 0 Å². The number of hydrogen-bond donors (Lipinski definition) is 4. The van der Waals surface area contributed by atoms with Crippen LogP contribution < -0.4 is 15.4 Å². The van der Waals surface area contributed by atoms with E-state index >= 15 is 0 Å². The number of carbonyl (C=O) groups is 4. The first-order valence-corrected chi connectivity index (χ1v) is 11.6. The predicted molar refractivity (Wildman–Crippen MR) is 125 cm³/mol. The van der Waals surface area contributed by atoms with E-state index in [0.717, 1.165) is 6.08 Å². The van der Waals surface area contributed by atoms with E-state index in [1.165, 1.54) is 20.8 Å². The quantitative estimate of drug-likeness (QED) is 0.262. The summed E-state index contributed by atoms with van der Waals surface area (Å²) >= 11 is 0. The molecule has 1 unspecified atom stereocenters. The molecule has 37 heavy (non-hydrogen) atoms. The molecule has 4 N–H and O–H groups in total. The van der Waals surface area contributed by atoms with Crippen molar-refractivity contribution in [3.8, 4) is 17.2 Å². The number of benzene rings is 1. The summed E-state index contributed by atoms with van der Waals surface area (Å²) in [6, 6.07) is -0.351. The third-order valence-electron chi connectivity index (χ3n) is 7.05. The molecular formula is C25H24N4O8. The second-order valence-electron chi connectivity index (χ2n) is 9.45. The first kappa shape index (κ1) is 24.2. The second-order valence-corrected chi connectivity index (χ2v) is 9.45. The van der Waals surface area contributed by atoms with E-state index in [1.54, 1.807) is 6.92 Å². The van der Waals surface area contributed by atoms with Gasteiger partial charge in [-0.3, -0.25) is 19.2 Å². The molecule has 0 radical (unpaired) electrons. The molecule has 12 nitrogen and oxygen atoms in total. The van der Waals surface area contributed by atoms with Crippen LogP contribution in [0.2, 0.25) is 0 Å². The first-order chi connectivity index (χ1) is 17.4. The number of hydrogen-bond acceptors (Lipinski definition) is 11. The predicted octanol–water partition coefficient (Wildman–Crippen LogP) is 1.69. The topological polar surface area (TPSA) is 181 Å². The standard InChI is InChI=1S/C25H24N4O8/c1-9-20(33)18(11(3)30)22-19(21(9)34)25(4)14(36-22)7-13(31)17(23(25)35)10(2)26-8-15-28-24(37-29-15)12-5-6-16(32)27-12/h7,12,26,33-34H,5-6,8H2,1-4H3,(H,27,32)/b17-10+/t12?,25-/m1/s1. The fourth-order valence-electron chi connectivity index (χ4n) is 4.94. The number of aromatic nitrogens is 2. The Morgan fingerprint density at radius 2 is 1.97 bits per heavy atom. The molecule has 1 saturated heterocycles. The summed E-state index contributed by atoms with van der Waals surface area (Å²) in [5, 5.41) is 30.9. The molecule has 0 spiro atoms. The number of fused-ring (bicyclic) bond motifs is 3. The Hall–Kier alpha value is -4.48. The molecule has 1 aliphatic carbocycles. The number of phenols is 2. The Labute approximate surface area is 210 Å². The number of rotatable bonds is 5. The van der Waals surface area contributed by atoms with Crippen LogP contribution in [0, 0.1) is 6.92 Å². The summed E-state index contributed by atoms with van der Waals surface area (Å²) in [4.78, 5) is 54.8. The highest BCUT2D eigenvalue weighted by molar-refractivity contribution is 6.31. The summed E-state index contributed by atoms with van der Waals surface area (Å²) in [6.07, 6.45) is 2.07. The highest BCUT2D eigenvalue weighted by atomic mass is 16.5. The van der Waals surface area contributed by atoms with E-state index in [0.29, 0.717) is 12.8 Å². The summed E-state index contributed by atoms with van der Waals surface area (Å²) in [5.74, 6) is -2.38. The minimum Gasteiger partial charge on any atom is -0.507 e. The smallest absolute Gasteiger partial charge is 0.249 e. The van der Waals surface area contributed by atoms with Crippen molar-refractivity contribution < 1.29 is 38.7 Å². The zero-order chi connectivity index (χ0) is 26.8. The van der Waals surface area contributed by atoms with Crippen molar-refractivity contribution >= 4 is 23.3 Å². The monoisotopic (exact) mass is 508 g/mol. The van der Waals surface area contributed by atoms with E-state index in [2.05, 4.69) is 20.8 Å². The summed E-state index contributed by atoms with van der Waals surface area (Å²) < 4.78 is 11.0. The summed E-state index contributed by atoms with van der Waals surface area (Å²) in [5.41, 5.74) is -1.66. The lowest BCUT2D eigenvalue weighted by Crippen LogP contribution is -2.41. The van der Waals surface area contributed by atoms with Gasteiger partial charge in [0, 0.05) is 23.8 Å².